The van der Waals surface area contributed by atoms with E-state index in [1.807, 2.05) is 4.90 Å². The molecule has 1 fully saturated rings. The number of fused-ring (bicyclic) bond motifs is 1. The number of hydrogen-bond donors (Lipinski definition) is 0. The van der Waals surface area contributed by atoms with Crippen molar-refractivity contribution in [1.29, 1.82) is 0 Å². The first-order chi connectivity index (χ1) is 10.6. The van der Waals surface area contributed by atoms with Crippen LogP contribution in [0.5, 0.6) is 0 Å². The predicted octanol–water partition coefficient (Wildman–Crippen LogP) is 3.66. The highest BCUT2D eigenvalue weighted by molar-refractivity contribution is 8.00. The van der Waals surface area contributed by atoms with E-state index < -0.39 is 0 Å². The highest BCUT2D eigenvalue weighted by atomic mass is 32.2. The lowest BCUT2D eigenvalue weighted by Gasteiger charge is -2.30. The van der Waals surface area contributed by atoms with E-state index >= 15 is 0 Å². The van der Waals surface area contributed by atoms with Gasteiger partial charge < -0.3 is 4.90 Å². The molecule has 0 aliphatic carbocycles. The summed E-state index contributed by atoms with van der Waals surface area (Å²) in [6, 6.07) is 0. The molecule has 1 amide bonds. The molecule has 22 heavy (non-hydrogen) atoms. The van der Waals surface area contributed by atoms with Crippen molar-refractivity contribution in [2.24, 2.45) is 5.92 Å². The lowest BCUT2D eigenvalue weighted by molar-refractivity contribution is -0.130. The first-order valence-corrected chi connectivity index (χ1v) is 9.47. The van der Waals surface area contributed by atoms with Crippen LogP contribution in [-0.4, -0.2) is 39.6 Å². The summed E-state index contributed by atoms with van der Waals surface area (Å²) in [5, 5.41) is 2.06. The predicted molar refractivity (Wildman–Crippen MR) is 92.6 cm³/mol. The largest absolute Gasteiger partial charge is 0.342 e. The van der Waals surface area contributed by atoms with Gasteiger partial charge in [0.25, 0.3) is 0 Å². The Hall–Kier alpha value is -1.14. The SMILES string of the molecule is Cc1sc2ncnc(SCC(=O)N3CCC[C@@H](C)C3)c2c1C. The maximum absolute atomic E-state index is 12.4. The molecule has 2 aromatic heterocycles. The summed E-state index contributed by atoms with van der Waals surface area (Å²) in [4.78, 5) is 25.5. The van der Waals surface area contributed by atoms with Crippen molar-refractivity contribution in [3.63, 3.8) is 0 Å². The normalized spacial score (nSPS) is 18.9. The van der Waals surface area contributed by atoms with E-state index in [0.717, 1.165) is 34.8 Å². The van der Waals surface area contributed by atoms with Gasteiger partial charge in [0.2, 0.25) is 5.91 Å². The minimum absolute atomic E-state index is 0.230. The highest BCUT2D eigenvalue weighted by Gasteiger charge is 2.21. The molecule has 0 bridgehead atoms. The number of aryl methyl sites for hydroxylation is 2. The molecule has 1 aliphatic rings. The number of amides is 1. The van der Waals surface area contributed by atoms with E-state index in [4.69, 9.17) is 0 Å². The summed E-state index contributed by atoms with van der Waals surface area (Å²) in [5.41, 5.74) is 1.24. The van der Waals surface area contributed by atoms with Crippen LogP contribution in [0.25, 0.3) is 10.2 Å². The van der Waals surface area contributed by atoms with Crippen LogP contribution in [-0.2, 0) is 4.79 Å². The van der Waals surface area contributed by atoms with Crippen LogP contribution < -0.4 is 0 Å². The summed E-state index contributed by atoms with van der Waals surface area (Å²) in [6.45, 7) is 8.23. The van der Waals surface area contributed by atoms with Crippen LogP contribution in [0.15, 0.2) is 11.4 Å². The van der Waals surface area contributed by atoms with Gasteiger partial charge in [-0.2, -0.15) is 0 Å². The number of rotatable bonds is 3. The van der Waals surface area contributed by atoms with Gasteiger partial charge >= 0.3 is 0 Å². The molecule has 6 heteroatoms. The van der Waals surface area contributed by atoms with E-state index in [9.17, 15) is 4.79 Å². The summed E-state index contributed by atoms with van der Waals surface area (Å²) in [6.07, 6.45) is 3.96. The Labute approximate surface area is 139 Å². The minimum Gasteiger partial charge on any atom is -0.342 e. The third-order valence-corrected chi connectivity index (χ3v) is 6.36. The van der Waals surface area contributed by atoms with E-state index in [1.54, 1.807) is 29.4 Å². The average molecular weight is 335 g/mol. The quantitative estimate of drug-likeness (QED) is 0.634. The number of carbonyl (C=O) groups is 1. The van der Waals surface area contributed by atoms with Crippen LogP contribution in [0.4, 0.5) is 0 Å². The maximum Gasteiger partial charge on any atom is 0.232 e. The van der Waals surface area contributed by atoms with Crippen molar-refractivity contribution in [3.05, 3.63) is 16.8 Å². The fourth-order valence-corrected chi connectivity index (χ4v) is 4.92. The standard InChI is InChI=1S/C16H21N3OS2/c1-10-5-4-6-19(7-10)13(20)8-21-15-14-11(2)12(3)22-16(14)18-9-17-15/h9-10H,4-8H2,1-3H3/t10-/m1/s1. The fraction of sp³-hybridized carbons (Fsp3) is 0.562. The van der Waals surface area contributed by atoms with Gasteiger partial charge in [-0.3, -0.25) is 4.79 Å². The molecule has 0 radical (unpaired) electrons. The summed E-state index contributed by atoms with van der Waals surface area (Å²) >= 11 is 3.24. The molecule has 0 N–H and O–H groups in total. The summed E-state index contributed by atoms with van der Waals surface area (Å²) < 4.78 is 0. The van der Waals surface area contributed by atoms with Crippen molar-refractivity contribution in [2.45, 2.75) is 38.6 Å². The maximum atomic E-state index is 12.4. The second-order valence-electron chi connectivity index (χ2n) is 6.02. The van der Waals surface area contributed by atoms with Crippen molar-refractivity contribution >= 4 is 39.2 Å². The Kier molecular flexibility index (Phi) is 4.68. The van der Waals surface area contributed by atoms with Crippen LogP contribution in [0.1, 0.15) is 30.2 Å². The topological polar surface area (TPSA) is 46.1 Å². The van der Waals surface area contributed by atoms with Gasteiger partial charge in [-0.25, -0.2) is 9.97 Å². The lowest BCUT2D eigenvalue weighted by Crippen LogP contribution is -2.40. The van der Waals surface area contributed by atoms with Crippen LogP contribution in [0.2, 0.25) is 0 Å². The average Bonchev–Trinajstić information content (AvgIpc) is 2.80. The number of thiophene rings is 1. The molecule has 4 nitrogen and oxygen atoms in total. The lowest BCUT2D eigenvalue weighted by atomic mass is 10.0. The number of likely N-dealkylation sites (tertiary alicyclic amines) is 1. The third kappa shape index (κ3) is 3.13. The van der Waals surface area contributed by atoms with Gasteiger partial charge in [0.1, 0.15) is 16.2 Å². The Bertz CT molecular complexity index is 698. The molecule has 0 aromatic carbocycles. The molecule has 2 aromatic rings. The monoisotopic (exact) mass is 335 g/mol. The second-order valence-corrected chi connectivity index (χ2v) is 8.19. The fourth-order valence-electron chi connectivity index (χ4n) is 2.90. The van der Waals surface area contributed by atoms with Crippen LogP contribution in [0, 0.1) is 19.8 Å². The molecule has 3 rings (SSSR count). The van der Waals surface area contributed by atoms with Gasteiger partial charge in [-0.1, -0.05) is 18.7 Å². The van der Waals surface area contributed by atoms with Gasteiger partial charge in [0.05, 0.1) is 5.75 Å². The molecule has 118 valence electrons. The van der Waals surface area contributed by atoms with Gasteiger partial charge in [-0.05, 0) is 38.2 Å². The van der Waals surface area contributed by atoms with Crippen molar-refractivity contribution < 1.29 is 4.79 Å². The summed E-state index contributed by atoms with van der Waals surface area (Å²) in [7, 11) is 0. The molecule has 1 aliphatic heterocycles. The van der Waals surface area contributed by atoms with E-state index in [-0.39, 0.29) is 5.91 Å². The molecular weight excluding hydrogens is 314 g/mol. The zero-order chi connectivity index (χ0) is 15.7. The van der Waals surface area contributed by atoms with Crippen LogP contribution >= 0.6 is 23.1 Å². The zero-order valence-corrected chi connectivity index (χ0v) is 14.9. The van der Waals surface area contributed by atoms with E-state index in [1.165, 1.54) is 16.9 Å². The smallest absolute Gasteiger partial charge is 0.232 e. The molecule has 3 heterocycles. The Morgan fingerprint density at radius 1 is 1.45 bits per heavy atom. The number of nitrogens with zero attached hydrogens (tertiary/aromatic N) is 3. The van der Waals surface area contributed by atoms with Crippen molar-refractivity contribution in [2.75, 3.05) is 18.8 Å². The second kappa shape index (κ2) is 6.54. The number of piperidine rings is 1. The minimum atomic E-state index is 0.230. The van der Waals surface area contributed by atoms with Gasteiger partial charge in [-0.15, -0.1) is 11.3 Å². The molecule has 0 spiro atoms. The Morgan fingerprint density at radius 2 is 2.27 bits per heavy atom. The number of thioether (sulfide) groups is 1. The zero-order valence-electron chi connectivity index (χ0n) is 13.3. The molecule has 0 unspecified atom stereocenters. The molecule has 0 saturated carbocycles. The Morgan fingerprint density at radius 3 is 3.05 bits per heavy atom. The molecule has 1 saturated heterocycles. The van der Waals surface area contributed by atoms with E-state index in [2.05, 4.69) is 30.7 Å². The molecular formula is C16H21N3OS2. The van der Waals surface area contributed by atoms with Crippen molar-refractivity contribution in [1.82, 2.24) is 14.9 Å². The number of aromatic nitrogens is 2. The van der Waals surface area contributed by atoms with Gasteiger partial charge in [0.15, 0.2) is 0 Å². The molecule has 1 atom stereocenters. The summed E-state index contributed by atoms with van der Waals surface area (Å²) in [5.74, 6) is 1.32. The highest BCUT2D eigenvalue weighted by Crippen LogP contribution is 2.34. The third-order valence-electron chi connectivity index (χ3n) is 4.27. The first-order valence-electron chi connectivity index (χ1n) is 7.67. The number of hydrogen-bond acceptors (Lipinski definition) is 5. The number of carbonyl (C=O) groups excluding carboxylic acids is 1. The van der Waals surface area contributed by atoms with Crippen molar-refractivity contribution in [3.8, 4) is 0 Å². The van der Waals surface area contributed by atoms with Gasteiger partial charge in [0, 0.05) is 23.4 Å². The Balaban J connectivity index is 1.72. The first kappa shape index (κ1) is 15.7. The van der Waals surface area contributed by atoms with Crippen LogP contribution in [0.3, 0.4) is 0 Å². The van der Waals surface area contributed by atoms with E-state index in [0.29, 0.717) is 11.7 Å².